The predicted molar refractivity (Wildman–Crippen MR) is 123 cm³/mol. The van der Waals surface area contributed by atoms with Crippen molar-refractivity contribution in [2.75, 3.05) is 13.1 Å². The van der Waals surface area contributed by atoms with Gasteiger partial charge in [-0.3, -0.25) is 19.7 Å². The number of aliphatic hydroxyl groups excluding tert-OH is 1. The van der Waals surface area contributed by atoms with Crippen LogP contribution < -0.4 is 27.4 Å². The predicted octanol–water partition coefficient (Wildman–Crippen LogP) is 0.661. The van der Waals surface area contributed by atoms with E-state index in [9.17, 15) is 19.5 Å². The van der Waals surface area contributed by atoms with Gasteiger partial charge in [0, 0.05) is 6.92 Å². The van der Waals surface area contributed by atoms with E-state index in [1.165, 1.54) is 6.92 Å². The number of allylic oxidation sites excluding steroid dienone is 2. The molecule has 8 N–H and O–H groups in total. The zero-order valence-corrected chi connectivity index (χ0v) is 19.6. The van der Waals surface area contributed by atoms with Crippen LogP contribution >= 0.6 is 0 Å². The molecule has 9 heteroatoms. The van der Waals surface area contributed by atoms with E-state index in [1.807, 2.05) is 20.8 Å². The maximum atomic E-state index is 12.1. The minimum absolute atomic E-state index is 0.181. The van der Waals surface area contributed by atoms with Gasteiger partial charge in [0.25, 0.3) is 0 Å². The van der Waals surface area contributed by atoms with Gasteiger partial charge in [-0.15, -0.1) is 0 Å². The first-order valence-corrected chi connectivity index (χ1v) is 11.1. The van der Waals surface area contributed by atoms with E-state index in [4.69, 9.17) is 11.5 Å². The van der Waals surface area contributed by atoms with Crippen LogP contribution in [0.2, 0.25) is 0 Å². The first-order chi connectivity index (χ1) is 14.5. The number of rotatable bonds is 16. The van der Waals surface area contributed by atoms with E-state index in [0.29, 0.717) is 19.4 Å². The van der Waals surface area contributed by atoms with Gasteiger partial charge in [0.15, 0.2) is 0 Å². The van der Waals surface area contributed by atoms with Crippen molar-refractivity contribution in [3.63, 3.8) is 0 Å². The van der Waals surface area contributed by atoms with Crippen LogP contribution in [-0.2, 0) is 14.4 Å². The zero-order chi connectivity index (χ0) is 23.9. The molecule has 0 saturated heterocycles. The molecule has 0 heterocycles. The number of hydrogen-bond donors (Lipinski definition) is 6. The summed E-state index contributed by atoms with van der Waals surface area (Å²) in [5.74, 6) is -1.28. The number of amides is 3. The van der Waals surface area contributed by atoms with Gasteiger partial charge in [0.2, 0.25) is 17.7 Å². The number of nitrogens with two attached hydrogens (primary N) is 2. The molecule has 3 amide bonds. The summed E-state index contributed by atoms with van der Waals surface area (Å²) in [6.07, 6.45) is 8.57. The van der Waals surface area contributed by atoms with Crippen molar-refractivity contribution in [1.82, 2.24) is 16.0 Å². The molecule has 2 unspecified atom stereocenters. The first kappa shape index (κ1) is 29.0. The lowest BCUT2D eigenvalue weighted by Crippen LogP contribution is -2.57. The largest absolute Gasteiger partial charge is 0.376 e. The minimum atomic E-state index is -1.16. The first-order valence-electron chi connectivity index (χ1n) is 11.1. The number of carbonyl (C=O) groups is 3. The van der Waals surface area contributed by atoms with Crippen molar-refractivity contribution in [2.45, 2.75) is 91.0 Å². The lowest BCUT2D eigenvalue weighted by Gasteiger charge is -2.32. The summed E-state index contributed by atoms with van der Waals surface area (Å²) in [6, 6.07) is -1.36. The quantitative estimate of drug-likeness (QED) is 0.117. The van der Waals surface area contributed by atoms with Crippen LogP contribution in [0.3, 0.4) is 0 Å². The number of aliphatic hydroxyl groups is 1. The third-order valence-corrected chi connectivity index (χ3v) is 4.63. The summed E-state index contributed by atoms with van der Waals surface area (Å²) in [4.78, 5) is 35.0. The Morgan fingerprint density at radius 3 is 2.19 bits per heavy atom. The molecule has 9 nitrogen and oxygen atoms in total. The fraction of sp³-hybridized carbons (Fsp3) is 0.773. The van der Waals surface area contributed by atoms with Gasteiger partial charge >= 0.3 is 0 Å². The van der Waals surface area contributed by atoms with E-state index < -0.39 is 30.1 Å². The molecule has 0 saturated carbocycles. The van der Waals surface area contributed by atoms with Crippen LogP contribution in [0.1, 0.15) is 72.6 Å². The Bertz CT molecular complexity index is 575. The van der Waals surface area contributed by atoms with Crippen LogP contribution in [0.5, 0.6) is 0 Å². The molecule has 0 aliphatic heterocycles. The summed E-state index contributed by atoms with van der Waals surface area (Å²) < 4.78 is 0. The second-order valence-corrected chi connectivity index (χ2v) is 9.10. The minimum Gasteiger partial charge on any atom is -0.376 e. The fourth-order valence-electron chi connectivity index (χ4n) is 3.08. The highest BCUT2D eigenvalue weighted by Gasteiger charge is 2.29. The van der Waals surface area contributed by atoms with Gasteiger partial charge < -0.3 is 27.2 Å². The average Bonchev–Trinajstić information content (AvgIpc) is 2.65. The SMILES string of the molecule is CC(=O)NCC(=O)N[C@@H](CC(C)(C)C)C(O)NC(CCC/C=C/CCCCN)C(N)=O. The highest BCUT2D eigenvalue weighted by Crippen LogP contribution is 2.22. The molecule has 0 aromatic heterocycles. The lowest BCUT2D eigenvalue weighted by atomic mass is 9.87. The Morgan fingerprint density at radius 1 is 1.06 bits per heavy atom. The molecule has 180 valence electrons. The number of carbonyl (C=O) groups excluding carboxylic acids is 3. The van der Waals surface area contributed by atoms with Crippen molar-refractivity contribution in [1.29, 1.82) is 0 Å². The topological polar surface area (TPSA) is 160 Å². The normalized spacial score (nSPS) is 14.8. The maximum absolute atomic E-state index is 12.1. The number of primary amides is 1. The van der Waals surface area contributed by atoms with Crippen molar-refractivity contribution < 1.29 is 19.5 Å². The van der Waals surface area contributed by atoms with E-state index in [0.717, 1.165) is 32.1 Å². The van der Waals surface area contributed by atoms with Crippen LogP contribution in [0.15, 0.2) is 12.2 Å². The van der Waals surface area contributed by atoms with Gasteiger partial charge in [0.05, 0.1) is 18.6 Å². The summed E-state index contributed by atoms with van der Waals surface area (Å²) in [6.45, 7) is 7.79. The molecule has 0 fully saturated rings. The lowest BCUT2D eigenvalue weighted by molar-refractivity contribution is -0.126. The van der Waals surface area contributed by atoms with E-state index in [1.54, 1.807) is 0 Å². The Balaban J connectivity index is 4.78. The van der Waals surface area contributed by atoms with E-state index in [2.05, 4.69) is 28.1 Å². The van der Waals surface area contributed by atoms with Crippen LogP contribution in [0.4, 0.5) is 0 Å². The molecular formula is C22H43N5O4. The molecule has 0 rings (SSSR count). The molecule has 0 radical (unpaired) electrons. The standard InChI is InChI=1S/C22H43N5O4/c1-16(28)25-15-19(29)26-18(14-22(2,3)4)21(31)27-17(20(24)30)12-10-8-6-5-7-9-11-13-23/h5-6,17-18,21,27,31H,7-15,23H2,1-4H3,(H2,24,30)(H,25,28)(H,26,29)/b6-5+/t17?,18-,21?/m0/s1. The van der Waals surface area contributed by atoms with Crippen LogP contribution in [0, 0.1) is 5.41 Å². The Morgan fingerprint density at radius 2 is 1.68 bits per heavy atom. The molecular weight excluding hydrogens is 398 g/mol. The fourth-order valence-corrected chi connectivity index (χ4v) is 3.08. The number of hydrogen-bond acceptors (Lipinski definition) is 6. The number of unbranched alkanes of at least 4 members (excludes halogenated alkanes) is 3. The van der Waals surface area contributed by atoms with Gasteiger partial charge in [-0.25, -0.2) is 0 Å². The summed E-state index contributed by atoms with van der Waals surface area (Å²) in [5, 5.41) is 18.7. The third-order valence-electron chi connectivity index (χ3n) is 4.63. The summed E-state index contributed by atoms with van der Waals surface area (Å²) >= 11 is 0. The number of nitrogens with one attached hydrogen (secondary N) is 3. The summed E-state index contributed by atoms with van der Waals surface area (Å²) in [7, 11) is 0. The highest BCUT2D eigenvalue weighted by molar-refractivity contribution is 5.83. The molecule has 0 spiro atoms. The molecule has 31 heavy (non-hydrogen) atoms. The van der Waals surface area contributed by atoms with Gasteiger partial charge in [-0.05, 0) is 56.9 Å². The van der Waals surface area contributed by atoms with Crippen molar-refractivity contribution in [2.24, 2.45) is 16.9 Å². The van der Waals surface area contributed by atoms with Gasteiger partial charge in [0.1, 0.15) is 6.23 Å². The molecule has 0 aromatic carbocycles. The van der Waals surface area contributed by atoms with Gasteiger partial charge in [-0.1, -0.05) is 32.9 Å². The van der Waals surface area contributed by atoms with E-state index in [-0.39, 0.29) is 17.9 Å². The second kappa shape index (κ2) is 15.8. The van der Waals surface area contributed by atoms with Crippen molar-refractivity contribution >= 4 is 17.7 Å². The summed E-state index contributed by atoms with van der Waals surface area (Å²) in [5.41, 5.74) is 10.8. The molecule has 0 bridgehead atoms. The van der Waals surface area contributed by atoms with E-state index >= 15 is 0 Å². The highest BCUT2D eigenvalue weighted by atomic mass is 16.3. The monoisotopic (exact) mass is 441 g/mol. The third kappa shape index (κ3) is 16.4. The van der Waals surface area contributed by atoms with Crippen molar-refractivity contribution in [3.05, 3.63) is 12.2 Å². The second-order valence-electron chi connectivity index (χ2n) is 9.10. The zero-order valence-electron chi connectivity index (χ0n) is 19.6. The Hall–Kier alpha value is -1.97. The average molecular weight is 442 g/mol. The smallest absolute Gasteiger partial charge is 0.239 e. The van der Waals surface area contributed by atoms with Crippen LogP contribution in [0.25, 0.3) is 0 Å². The molecule has 0 aromatic rings. The van der Waals surface area contributed by atoms with Crippen LogP contribution in [-0.4, -0.2) is 54.2 Å². The maximum Gasteiger partial charge on any atom is 0.239 e. The molecule has 0 aliphatic rings. The Labute approximate surface area is 186 Å². The Kier molecular flexibility index (Phi) is 14.8. The molecule has 0 aliphatic carbocycles. The molecule has 3 atom stereocenters. The van der Waals surface area contributed by atoms with Gasteiger partial charge in [-0.2, -0.15) is 0 Å². The van der Waals surface area contributed by atoms with Crippen molar-refractivity contribution in [3.8, 4) is 0 Å².